The van der Waals surface area contributed by atoms with E-state index >= 15 is 0 Å². The summed E-state index contributed by atoms with van der Waals surface area (Å²) in [4.78, 5) is 3.25. The molecule has 0 bridgehead atoms. The fourth-order valence-electron chi connectivity index (χ4n) is 3.28. The summed E-state index contributed by atoms with van der Waals surface area (Å²) >= 11 is 5.59. The normalized spacial score (nSPS) is 16.4. The Labute approximate surface area is 167 Å². The molecule has 1 aromatic heterocycles. The van der Waals surface area contributed by atoms with Crippen molar-refractivity contribution in [1.29, 1.82) is 0 Å². The summed E-state index contributed by atoms with van der Waals surface area (Å²) in [5.41, 5.74) is 0.202. The molecular weight excluding hydrogens is 391 g/mol. The van der Waals surface area contributed by atoms with Crippen molar-refractivity contribution in [3.8, 4) is 0 Å². The number of quaternary nitrogens is 1. The van der Waals surface area contributed by atoms with Crippen molar-refractivity contribution in [2.24, 2.45) is 0 Å². The minimum atomic E-state index is -4.31. The highest BCUT2D eigenvalue weighted by molar-refractivity contribution is 7.71. The lowest BCUT2D eigenvalue weighted by atomic mass is 10.1. The molecule has 2 aromatic rings. The van der Waals surface area contributed by atoms with Crippen LogP contribution in [0.2, 0.25) is 0 Å². The van der Waals surface area contributed by atoms with E-state index in [1.54, 1.807) is 4.68 Å². The van der Waals surface area contributed by atoms with Crippen LogP contribution in [0.1, 0.15) is 18.1 Å². The van der Waals surface area contributed by atoms with Crippen molar-refractivity contribution >= 4 is 18.2 Å². The third-order valence-corrected chi connectivity index (χ3v) is 5.15. The summed E-state index contributed by atoms with van der Waals surface area (Å²) in [5.74, 6) is 0.845. The standard InChI is InChI=1S/C18H24F3N5OS/c1-3-25-16(24-8-10-27-11-9-24)22-26(17(25)28)13-23(2)12-14-4-6-15(7-5-14)18(19,20)21/h4-7H,3,8-13H2,1-2H3/p+1. The number of hydrogen-bond donors (Lipinski definition) is 1. The number of aromatic nitrogens is 3. The zero-order valence-corrected chi connectivity index (χ0v) is 16.8. The zero-order chi connectivity index (χ0) is 20.3. The van der Waals surface area contributed by atoms with Gasteiger partial charge in [0.25, 0.3) is 0 Å². The molecule has 0 aliphatic carbocycles. The van der Waals surface area contributed by atoms with E-state index in [2.05, 4.69) is 4.90 Å². The summed E-state index contributed by atoms with van der Waals surface area (Å²) in [6, 6.07) is 5.29. The molecule has 10 heteroatoms. The molecule has 1 fully saturated rings. The highest BCUT2D eigenvalue weighted by Gasteiger charge is 2.30. The summed E-state index contributed by atoms with van der Waals surface area (Å²) in [6.45, 7) is 6.76. The van der Waals surface area contributed by atoms with Gasteiger partial charge in [0.15, 0.2) is 6.67 Å². The highest BCUT2D eigenvalue weighted by atomic mass is 32.1. The van der Waals surface area contributed by atoms with Gasteiger partial charge in [-0.05, 0) is 31.3 Å². The van der Waals surface area contributed by atoms with Gasteiger partial charge in [-0.1, -0.05) is 12.1 Å². The van der Waals surface area contributed by atoms with Crippen molar-refractivity contribution in [2.75, 3.05) is 38.3 Å². The number of anilines is 1. The topological polar surface area (TPSA) is 39.7 Å². The zero-order valence-electron chi connectivity index (χ0n) is 16.0. The Kier molecular flexibility index (Phi) is 6.41. The van der Waals surface area contributed by atoms with E-state index in [1.165, 1.54) is 12.1 Å². The Bertz CT molecular complexity index is 840. The van der Waals surface area contributed by atoms with Gasteiger partial charge in [0.05, 0.1) is 25.8 Å². The van der Waals surface area contributed by atoms with E-state index in [-0.39, 0.29) is 0 Å². The maximum atomic E-state index is 12.7. The number of benzene rings is 1. The number of morpholine rings is 1. The molecule has 28 heavy (non-hydrogen) atoms. The molecule has 0 saturated carbocycles. The molecule has 3 rings (SSSR count). The van der Waals surface area contributed by atoms with Crippen LogP contribution in [0.25, 0.3) is 0 Å². The number of alkyl halides is 3. The molecule has 0 radical (unpaired) electrons. The molecule has 1 aliphatic heterocycles. The van der Waals surface area contributed by atoms with Crippen molar-refractivity contribution in [2.45, 2.75) is 32.9 Å². The smallest absolute Gasteiger partial charge is 0.378 e. The predicted molar refractivity (Wildman–Crippen MR) is 102 cm³/mol. The van der Waals surface area contributed by atoms with Gasteiger partial charge in [-0.25, -0.2) is 0 Å². The Morgan fingerprint density at radius 3 is 2.39 bits per heavy atom. The lowest BCUT2D eigenvalue weighted by molar-refractivity contribution is -0.917. The van der Waals surface area contributed by atoms with Crippen LogP contribution in [0.3, 0.4) is 0 Å². The summed E-state index contributed by atoms with van der Waals surface area (Å²) < 4.78 is 48.0. The van der Waals surface area contributed by atoms with E-state index < -0.39 is 11.7 Å². The van der Waals surface area contributed by atoms with Gasteiger partial charge in [0, 0.05) is 25.2 Å². The maximum absolute atomic E-state index is 12.7. The number of nitrogens with zero attached hydrogens (tertiary/aromatic N) is 4. The van der Waals surface area contributed by atoms with Gasteiger partial charge in [-0.15, -0.1) is 5.10 Å². The lowest BCUT2D eigenvalue weighted by Gasteiger charge is -2.27. The van der Waals surface area contributed by atoms with Crippen LogP contribution in [-0.2, 0) is 30.7 Å². The SMILES string of the molecule is CCn1c(N2CCOCC2)nn(C[NH+](C)Cc2ccc(C(F)(F)F)cc2)c1=S. The molecule has 0 amide bonds. The lowest BCUT2D eigenvalue weighted by Crippen LogP contribution is -3.07. The van der Waals surface area contributed by atoms with E-state index in [1.807, 2.05) is 18.5 Å². The Morgan fingerprint density at radius 2 is 1.82 bits per heavy atom. The van der Waals surface area contributed by atoms with Crippen LogP contribution >= 0.6 is 12.2 Å². The molecule has 6 nitrogen and oxygen atoms in total. The number of nitrogens with one attached hydrogen (secondary N) is 1. The van der Waals surface area contributed by atoms with E-state index in [0.29, 0.717) is 31.2 Å². The maximum Gasteiger partial charge on any atom is 0.416 e. The van der Waals surface area contributed by atoms with Crippen LogP contribution in [0.15, 0.2) is 24.3 Å². The van der Waals surface area contributed by atoms with Gasteiger partial charge in [-0.3, -0.25) is 4.57 Å². The molecular formula is C18H25F3N5OS+. The van der Waals surface area contributed by atoms with E-state index in [4.69, 9.17) is 22.1 Å². The molecule has 1 aromatic carbocycles. The summed E-state index contributed by atoms with van der Waals surface area (Å²) in [5, 5.41) is 4.71. The molecule has 1 unspecified atom stereocenters. The second-order valence-corrected chi connectivity index (χ2v) is 7.28. The van der Waals surface area contributed by atoms with Crippen LogP contribution in [0.5, 0.6) is 0 Å². The number of rotatable bonds is 6. The van der Waals surface area contributed by atoms with Crippen LogP contribution < -0.4 is 9.80 Å². The van der Waals surface area contributed by atoms with Crippen LogP contribution in [0.4, 0.5) is 19.1 Å². The van der Waals surface area contributed by atoms with Crippen molar-refractivity contribution in [3.05, 3.63) is 40.2 Å². The molecule has 154 valence electrons. The highest BCUT2D eigenvalue weighted by Crippen LogP contribution is 2.28. The van der Waals surface area contributed by atoms with Crippen molar-refractivity contribution in [3.63, 3.8) is 0 Å². The average molecular weight is 416 g/mol. The van der Waals surface area contributed by atoms with E-state index in [0.717, 1.165) is 48.2 Å². The molecule has 2 heterocycles. The fourth-order valence-corrected chi connectivity index (χ4v) is 3.59. The first-order chi connectivity index (χ1) is 13.3. The minimum absolute atomic E-state index is 0.532. The minimum Gasteiger partial charge on any atom is -0.378 e. The Morgan fingerprint density at radius 1 is 1.18 bits per heavy atom. The van der Waals surface area contributed by atoms with Crippen LogP contribution in [0, 0.1) is 4.77 Å². The molecule has 0 spiro atoms. The predicted octanol–water partition coefficient (Wildman–Crippen LogP) is 1.96. The van der Waals surface area contributed by atoms with Gasteiger partial charge >= 0.3 is 6.18 Å². The molecule has 1 N–H and O–H groups in total. The third-order valence-electron chi connectivity index (χ3n) is 4.72. The van der Waals surface area contributed by atoms with Gasteiger partial charge in [-0.2, -0.15) is 17.9 Å². The fraction of sp³-hybridized carbons (Fsp3) is 0.556. The van der Waals surface area contributed by atoms with Gasteiger partial charge in [0.2, 0.25) is 10.7 Å². The first kappa shape index (κ1) is 20.8. The molecule has 1 aliphatic rings. The molecule has 1 saturated heterocycles. The summed E-state index contributed by atoms with van der Waals surface area (Å²) in [7, 11) is 1.97. The largest absolute Gasteiger partial charge is 0.416 e. The average Bonchev–Trinajstić information content (AvgIpc) is 2.97. The summed E-state index contributed by atoms with van der Waals surface area (Å²) in [6.07, 6.45) is -4.31. The van der Waals surface area contributed by atoms with Crippen molar-refractivity contribution in [1.82, 2.24) is 14.3 Å². The second-order valence-electron chi connectivity index (χ2n) is 6.91. The number of halogens is 3. The van der Waals surface area contributed by atoms with E-state index in [9.17, 15) is 13.2 Å². The number of hydrogen-bond acceptors (Lipinski definition) is 4. The van der Waals surface area contributed by atoms with Crippen molar-refractivity contribution < 1.29 is 22.8 Å². The first-order valence-corrected chi connectivity index (χ1v) is 9.68. The molecule has 1 atom stereocenters. The van der Waals surface area contributed by atoms with Gasteiger partial charge in [0.1, 0.15) is 6.54 Å². The second kappa shape index (κ2) is 8.62. The quantitative estimate of drug-likeness (QED) is 0.731. The first-order valence-electron chi connectivity index (χ1n) is 9.27. The van der Waals surface area contributed by atoms with Gasteiger partial charge < -0.3 is 14.5 Å². The number of ether oxygens (including phenoxy) is 1. The Hall–Kier alpha value is -1.91. The van der Waals surface area contributed by atoms with Crippen LogP contribution in [-0.4, -0.2) is 47.7 Å². The monoisotopic (exact) mass is 416 g/mol. The Balaban J connectivity index is 1.70. The third kappa shape index (κ3) is 4.73.